The van der Waals surface area contributed by atoms with Crippen LogP contribution in [0.15, 0.2) is 24.3 Å². The quantitative estimate of drug-likeness (QED) is 0.721. The van der Waals surface area contributed by atoms with Crippen LogP contribution in [0.2, 0.25) is 0 Å². The van der Waals surface area contributed by atoms with Crippen LogP contribution in [0.1, 0.15) is 51.0 Å². The number of carbonyl (C=O) groups excluding carboxylic acids is 1. The maximum absolute atomic E-state index is 11.9. The highest BCUT2D eigenvalue weighted by Gasteiger charge is 2.13. The molecule has 0 spiro atoms. The van der Waals surface area contributed by atoms with Gasteiger partial charge in [0.05, 0.1) is 12.7 Å². The summed E-state index contributed by atoms with van der Waals surface area (Å²) in [7, 11) is 0. The summed E-state index contributed by atoms with van der Waals surface area (Å²) in [5, 5.41) is 14.5. The molecule has 0 saturated heterocycles. The summed E-state index contributed by atoms with van der Waals surface area (Å²) in [6.45, 7) is 2.52. The number of carbonyl (C=O) groups is 1. The van der Waals surface area contributed by atoms with Gasteiger partial charge >= 0.3 is 6.03 Å². The van der Waals surface area contributed by atoms with Gasteiger partial charge in [-0.3, -0.25) is 0 Å². The zero-order valence-corrected chi connectivity index (χ0v) is 13.9. The molecule has 1 aromatic rings. The number of benzene rings is 1. The van der Waals surface area contributed by atoms with Crippen molar-refractivity contribution in [2.75, 3.05) is 11.9 Å². The lowest BCUT2D eigenvalue weighted by atomic mass is 9.98. The maximum atomic E-state index is 11.9. The maximum Gasteiger partial charge on any atom is 0.319 e. The van der Waals surface area contributed by atoms with Gasteiger partial charge in [-0.1, -0.05) is 31.4 Å². The number of ether oxygens (including phenoxy) is 1. The van der Waals surface area contributed by atoms with E-state index in [0.717, 1.165) is 24.1 Å². The number of nitrogens with one attached hydrogen (secondary N) is 2. The van der Waals surface area contributed by atoms with Crippen molar-refractivity contribution in [2.24, 2.45) is 0 Å². The van der Waals surface area contributed by atoms with Gasteiger partial charge in [0.1, 0.15) is 0 Å². The van der Waals surface area contributed by atoms with Crippen LogP contribution in [0, 0.1) is 0 Å². The van der Waals surface area contributed by atoms with E-state index in [2.05, 4.69) is 10.6 Å². The third kappa shape index (κ3) is 6.59. The lowest BCUT2D eigenvalue weighted by Crippen LogP contribution is -2.36. The van der Waals surface area contributed by atoms with E-state index in [0.29, 0.717) is 19.1 Å². The predicted molar refractivity (Wildman–Crippen MR) is 91.4 cm³/mol. The Morgan fingerprint density at radius 2 is 2.13 bits per heavy atom. The van der Waals surface area contributed by atoms with Crippen molar-refractivity contribution in [1.82, 2.24) is 5.32 Å². The molecule has 1 aromatic carbocycles. The lowest BCUT2D eigenvalue weighted by Gasteiger charge is -2.22. The highest BCUT2D eigenvalue weighted by Crippen LogP contribution is 2.22. The van der Waals surface area contributed by atoms with Gasteiger partial charge in [-0.25, -0.2) is 4.79 Å². The van der Waals surface area contributed by atoms with Crippen molar-refractivity contribution in [3.05, 3.63) is 29.8 Å². The van der Waals surface area contributed by atoms with Crippen LogP contribution in [-0.4, -0.2) is 29.9 Å². The van der Waals surface area contributed by atoms with Crippen molar-refractivity contribution >= 4 is 11.7 Å². The molecule has 0 unspecified atom stereocenters. The van der Waals surface area contributed by atoms with E-state index in [1.807, 2.05) is 31.2 Å². The summed E-state index contributed by atoms with van der Waals surface area (Å²) in [6.07, 6.45) is 7.08. The first-order valence-electron chi connectivity index (χ1n) is 8.56. The van der Waals surface area contributed by atoms with Crippen molar-refractivity contribution < 1.29 is 14.6 Å². The first-order chi connectivity index (χ1) is 11.2. The topological polar surface area (TPSA) is 70.6 Å². The average Bonchev–Trinajstić information content (AvgIpc) is 2.54. The van der Waals surface area contributed by atoms with Gasteiger partial charge in [0.2, 0.25) is 0 Å². The molecule has 1 atom stereocenters. The summed E-state index contributed by atoms with van der Waals surface area (Å²) in [5.74, 6) is 0. The van der Waals surface area contributed by atoms with Gasteiger partial charge in [-0.05, 0) is 43.9 Å². The van der Waals surface area contributed by atoms with Crippen LogP contribution < -0.4 is 10.6 Å². The molecule has 23 heavy (non-hydrogen) atoms. The average molecular weight is 320 g/mol. The van der Waals surface area contributed by atoms with Crippen molar-refractivity contribution in [3.8, 4) is 0 Å². The molecule has 2 amide bonds. The highest BCUT2D eigenvalue weighted by molar-refractivity contribution is 5.89. The van der Waals surface area contributed by atoms with Gasteiger partial charge in [-0.2, -0.15) is 0 Å². The Bertz CT molecular complexity index is 487. The number of hydrogen-bond acceptors (Lipinski definition) is 3. The van der Waals surface area contributed by atoms with E-state index < -0.39 is 0 Å². The third-order valence-electron chi connectivity index (χ3n) is 4.16. The minimum absolute atomic E-state index is 0.0576. The zero-order valence-electron chi connectivity index (χ0n) is 13.9. The molecule has 0 aliphatic heterocycles. The molecule has 128 valence electrons. The molecular weight excluding hydrogens is 292 g/mol. The van der Waals surface area contributed by atoms with Crippen LogP contribution in [-0.2, 0) is 11.3 Å². The number of hydrogen-bond donors (Lipinski definition) is 3. The Balaban J connectivity index is 1.80. The van der Waals surface area contributed by atoms with Gasteiger partial charge in [0.25, 0.3) is 0 Å². The Kier molecular flexibility index (Phi) is 7.36. The first-order valence-corrected chi connectivity index (χ1v) is 8.56. The fourth-order valence-corrected chi connectivity index (χ4v) is 2.84. The van der Waals surface area contributed by atoms with E-state index in [4.69, 9.17) is 9.84 Å². The van der Waals surface area contributed by atoms with Crippen LogP contribution >= 0.6 is 0 Å². The fourth-order valence-electron chi connectivity index (χ4n) is 2.84. The van der Waals surface area contributed by atoms with E-state index in [1.54, 1.807) is 0 Å². The number of aliphatic hydroxyl groups is 1. The molecule has 0 radical (unpaired) electrons. The predicted octanol–water partition coefficient (Wildman–Crippen LogP) is 3.43. The highest BCUT2D eigenvalue weighted by atomic mass is 16.5. The van der Waals surface area contributed by atoms with Gasteiger partial charge in [0, 0.05) is 18.3 Å². The van der Waals surface area contributed by atoms with Crippen LogP contribution in [0.5, 0.6) is 0 Å². The van der Waals surface area contributed by atoms with E-state index in [9.17, 15) is 4.79 Å². The first kappa shape index (κ1) is 17.8. The number of urea groups is 1. The Hall–Kier alpha value is -1.59. The number of rotatable bonds is 7. The second-order valence-corrected chi connectivity index (χ2v) is 6.28. The largest absolute Gasteiger partial charge is 0.396 e. The van der Waals surface area contributed by atoms with E-state index in [-0.39, 0.29) is 18.7 Å². The Morgan fingerprint density at radius 1 is 1.35 bits per heavy atom. The number of amides is 2. The fraction of sp³-hybridized carbons (Fsp3) is 0.611. The van der Waals surface area contributed by atoms with Crippen LogP contribution in [0.4, 0.5) is 10.5 Å². The van der Waals surface area contributed by atoms with Crippen molar-refractivity contribution in [2.45, 2.75) is 64.2 Å². The zero-order chi connectivity index (χ0) is 16.5. The third-order valence-corrected chi connectivity index (χ3v) is 4.16. The smallest absolute Gasteiger partial charge is 0.319 e. The standard InChI is InChI=1S/C18H28N2O3/c1-14(10-11-21)19-18(22)20-16-7-5-6-15(12-16)13-23-17-8-3-2-4-9-17/h5-7,12,14,17,21H,2-4,8-11,13H2,1H3,(H2,19,20,22)/t14-/m1/s1. The van der Waals surface area contributed by atoms with Gasteiger partial charge in [-0.15, -0.1) is 0 Å². The summed E-state index contributed by atoms with van der Waals surface area (Å²) in [4.78, 5) is 11.9. The molecule has 1 aliphatic carbocycles. The summed E-state index contributed by atoms with van der Waals surface area (Å²) in [5.41, 5.74) is 1.82. The van der Waals surface area contributed by atoms with Gasteiger partial charge in [0.15, 0.2) is 0 Å². The van der Waals surface area contributed by atoms with Crippen molar-refractivity contribution in [1.29, 1.82) is 0 Å². The molecule has 0 bridgehead atoms. The normalized spacial score (nSPS) is 16.8. The molecule has 0 aromatic heterocycles. The molecular formula is C18H28N2O3. The van der Waals surface area contributed by atoms with Crippen LogP contribution in [0.3, 0.4) is 0 Å². The molecule has 0 heterocycles. The second-order valence-electron chi connectivity index (χ2n) is 6.28. The minimum atomic E-state index is -0.253. The molecule has 1 aliphatic rings. The Labute approximate surface area is 138 Å². The van der Waals surface area contributed by atoms with E-state index in [1.165, 1.54) is 19.3 Å². The minimum Gasteiger partial charge on any atom is -0.396 e. The Morgan fingerprint density at radius 3 is 2.87 bits per heavy atom. The number of aliphatic hydroxyl groups excluding tert-OH is 1. The van der Waals surface area contributed by atoms with Gasteiger partial charge < -0.3 is 20.5 Å². The number of anilines is 1. The summed E-state index contributed by atoms with van der Waals surface area (Å²) >= 11 is 0. The molecule has 5 nitrogen and oxygen atoms in total. The molecule has 1 saturated carbocycles. The summed E-state index contributed by atoms with van der Waals surface area (Å²) in [6, 6.07) is 7.43. The lowest BCUT2D eigenvalue weighted by molar-refractivity contribution is 0.0169. The second kappa shape index (κ2) is 9.53. The monoisotopic (exact) mass is 320 g/mol. The van der Waals surface area contributed by atoms with Crippen molar-refractivity contribution in [3.63, 3.8) is 0 Å². The molecule has 1 fully saturated rings. The molecule has 5 heteroatoms. The molecule has 2 rings (SSSR count). The SMILES string of the molecule is C[C@H](CCO)NC(=O)Nc1cccc(COC2CCCCC2)c1. The van der Waals surface area contributed by atoms with E-state index >= 15 is 0 Å². The molecule has 3 N–H and O–H groups in total. The summed E-state index contributed by atoms with van der Waals surface area (Å²) < 4.78 is 5.97. The van der Waals surface area contributed by atoms with Crippen LogP contribution in [0.25, 0.3) is 0 Å².